The van der Waals surface area contributed by atoms with Gasteiger partial charge in [-0.1, -0.05) is 47.4 Å². The highest BCUT2D eigenvalue weighted by molar-refractivity contribution is 8.02. The molecule has 1 heterocycles. The van der Waals surface area contributed by atoms with E-state index in [0.717, 1.165) is 34.2 Å². The van der Waals surface area contributed by atoms with E-state index in [2.05, 4.69) is 27.6 Å². The molecule has 0 saturated carbocycles. The number of benzene rings is 2. The maximum Gasteiger partial charge on any atom is 0.210 e. The molecule has 7 heteroatoms. The summed E-state index contributed by atoms with van der Waals surface area (Å²) in [6, 6.07) is 13.9. The van der Waals surface area contributed by atoms with Crippen molar-refractivity contribution in [1.82, 2.24) is 10.2 Å². The van der Waals surface area contributed by atoms with Crippen LogP contribution in [0.15, 0.2) is 46.8 Å². The lowest BCUT2D eigenvalue weighted by atomic mass is 10.0. The fraction of sp³-hybridized carbons (Fsp3) is 0.318. The van der Waals surface area contributed by atoms with Gasteiger partial charge in [-0.25, -0.2) is 0 Å². The summed E-state index contributed by atoms with van der Waals surface area (Å²) in [6.45, 7) is 4.48. The molecule has 150 valence electrons. The summed E-state index contributed by atoms with van der Waals surface area (Å²) in [7, 11) is 0. The molecule has 0 bridgehead atoms. The number of Topliss-reactive ketones (excluding diaryl/α,β-unsaturated/α-hetero) is 1. The molecule has 0 fully saturated rings. The Hall–Kier alpha value is -2.38. The molecule has 1 unspecified atom stereocenters. The van der Waals surface area contributed by atoms with Crippen LogP contribution in [-0.4, -0.2) is 27.8 Å². The molecule has 0 amide bonds. The van der Waals surface area contributed by atoms with Gasteiger partial charge in [-0.2, -0.15) is 0 Å². The number of nitrogens with one attached hydrogen (secondary N) is 1. The van der Waals surface area contributed by atoms with Crippen molar-refractivity contribution in [1.29, 1.82) is 0 Å². The number of ketones is 1. The Morgan fingerprint density at radius 3 is 2.90 bits per heavy atom. The third kappa shape index (κ3) is 4.62. The average Bonchev–Trinajstić information content (AvgIpc) is 3.37. The second kappa shape index (κ2) is 8.97. The molecule has 1 aliphatic carbocycles. The number of rotatable bonds is 8. The monoisotopic (exact) mass is 425 g/mol. The van der Waals surface area contributed by atoms with Gasteiger partial charge in [0.25, 0.3) is 0 Å². The third-order valence-electron chi connectivity index (χ3n) is 4.86. The first-order valence-electron chi connectivity index (χ1n) is 9.79. The van der Waals surface area contributed by atoms with Gasteiger partial charge in [-0.3, -0.25) is 4.79 Å². The predicted molar refractivity (Wildman–Crippen MR) is 119 cm³/mol. The van der Waals surface area contributed by atoms with Crippen molar-refractivity contribution in [3.8, 4) is 5.75 Å². The number of hydrogen-bond acceptors (Lipinski definition) is 7. The molecule has 0 radical (unpaired) electrons. The van der Waals surface area contributed by atoms with Crippen LogP contribution < -0.4 is 10.1 Å². The summed E-state index contributed by atoms with van der Waals surface area (Å²) in [5.74, 6) is 0.913. The minimum absolute atomic E-state index is 0.135. The highest BCUT2D eigenvalue weighted by atomic mass is 32.2. The predicted octanol–water partition coefficient (Wildman–Crippen LogP) is 5.53. The molecule has 1 N–H and O–H groups in total. The molecule has 0 spiro atoms. The first-order valence-corrected chi connectivity index (χ1v) is 11.5. The molecule has 0 aliphatic heterocycles. The highest BCUT2D eigenvalue weighted by Gasteiger charge is 2.21. The van der Waals surface area contributed by atoms with Crippen molar-refractivity contribution in [3.05, 3.63) is 59.2 Å². The summed E-state index contributed by atoms with van der Waals surface area (Å²) >= 11 is 2.89. The number of carbonyl (C=O) groups is 1. The van der Waals surface area contributed by atoms with Gasteiger partial charge < -0.3 is 10.1 Å². The van der Waals surface area contributed by atoms with Gasteiger partial charge in [0.2, 0.25) is 5.13 Å². The number of ether oxygens (including phenoxy) is 1. The van der Waals surface area contributed by atoms with Gasteiger partial charge in [0.1, 0.15) is 5.75 Å². The summed E-state index contributed by atoms with van der Waals surface area (Å²) in [5.41, 5.74) is 4.35. The van der Waals surface area contributed by atoms with Gasteiger partial charge >= 0.3 is 0 Å². The number of hydrogen-bond donors (Lipinski definition) is 1. The maximum atomic E-state index is 12.9. The van der Waals surface area contributed by atoms with Gasteiger partial charge in [-0.15, -0.1) is 10.2 Å². The van der Waals surface area contributed by atoms with E-state index in [9.17, 15) is 4.79 Å². The van der Waals surface area contributed by atoms with Gasteiger partial charge in [0.15, 0.2) is 10.1 Å². The largest absolute Gasteiger partial charge is 0.492 e. The minimum atomic E-state index is -0.217. The number of aromatic nitrogens is 2. The van der Waals surface area contributed by atoms with E-state index >= 15 is 0 Å². The van der Waals surface area contributed by atoms with Crippen LogP contribution in [0.1, 0.15) is 41.8 Å². The normalized spacial score (nSPS) is 13.7. The first kappa shape index (κ1) is 19.9. The van der Waals surface area contributed by atoms with Crippen LogP contribution in [0.3, 0.4) is 0 Å². The fourth-order valence-electron chi connectivity index (χ4n) is 3.44. The zero-order chi connectivity index (χ0) is 20.2. The van der Waals surface area contributed by atoms with Crippen LogP contribution in [0, 0.1) is 0 Å². The molecule has 1 aromatic heterocycles. The number of nitrogens with zero attached hydrogens (tertiary/aromatic N) is 2. The summed E-state index contributed by atoms with van der Waals surface area (Å²) < 4.78 is 6.40. The van der Waals surface area contributed by atoms with Crippen molar-refractivity contribution in [2.75, 3.05) is 11.9 Å². The van der Waals surface area contributed by atoms with E-state index in [1.807, 2.05) is 44.2 Å². The summed E-state index contributed by atoms with van der Waals surface area (Å²) in [4.78, 5) is 12.9. The van der Waals surface area contributed by atoms with Gasteiger partial charge in [-0.05, 0) is 62.4 Å². The topological polar surface area (TPSA) is 64.1 Å². The van der Waals surface area contributed by atoms with E-state index in [4.69, 9.17) is 4.74 Å². The highest BCUT2D eigenvalue weighted by Crippen LogP contribution is 2.34. The maximum absolute atomic E-state index is 12.9. The molecule has 4 rings (SSSR count). The van der Waals surface area contributed by atoms with E-state index < -0.39 is 0 Å². The van der Waals surface area contributed by atoms with Crippen LogP contribution >= 0.6 is 23.1 Å². The SMILES string of the molecule is CCOc1ccccc1Nc1nnc(SC(C)C(=O)c2ccc3c(c2)CCC3)s1. The second-order valence-corrected chi connectivity index (χ2v) is 9.45. The molecule has 2 aromatic carbocycles. The van der Waals surface area contributed by atoms with Crippen molar-refractivity contribution >= 4 is 39.7 Å². The Kier molecular flexibility index (Phi) is 6.16. The van der Waals surface area contributed by atoms with Crippen molar-refractivity contribution in [3.63, 3.8) is 0 Å². The summed E-state index contributed by atoms with van der Waals surface area (Å²) in [6.07, 6.45) is 3.39. The van der Waals surface area contributed by atoms with Crippen molar-refractivity contribution in [2.24, 2.45) is 0 Å². The molecule has 29 heavy (non-hydrogen) atoms. The molecular weight excluding hydrogens is 402 g/mol. The van der Waals surface area contributed by atoms with Crippen molar-refractivity contribution in [2.45, 2.75) is 42.7 Å². The lowest BCUT2D eigenvalue weighted by molar-refractivity contribution is 0.0994. The Morgan fingerprint density at radius 1 is 1.21 bits per heavy atom. The van der Waals surface area contributed by atoms with E-state index in [1.165, 1.54) is 40.6 Å². The Labute approximate surface area is 178 Å². The minimum Gasteiger partial charge on any atom is -0.492 e. The lowest BCUT2D eigenvalue weighted by Crippen LogP contribution is -2.13. The van der Waals surface area contributed by atoms with Crippen LogP contribution in [-0.2, 0) is 12.8 Å². The fourth-order valence-corrected chi connectivity index (χ4v) is 5.42. The standard InChI is InChI=1S/C22H23N3O2S2/c1-3-27-19-10-5-4-9-18(19)23-21-24-25-22(29-21)28-14(2)20(26)17-12-11-15-7-6-8-16(15)13-17/h4-5,9-14H,3,6-8H2,1-2H3,(H,23,24). The smallest absolute Gasteiger partial charge is 0.210 e. The molecule has 5 nitrogen and oxygen atoms in total. The van der Waals surface area contributed by atoms with Crippen LogP contribution in [0.25, 0.3) is 0 Å². The Morgan fingerprint density at radius 2 is 2.03 bits per heavy atom. The summed E-state index contributed by atoms with van der Waals surface area (Å²) in [5, 5.41) is 12.2. The quantitative estimate of drug-likeness (QED) is 0.378. The zero-order valence-electron chi connectivity index (χ0n) is 16.5. The van der Waals surface area contributed by atoms with E-state index in [-0.39, 0.29) is 11.0 Å². The molecule has 1 aliphatic rings. The number of para-hydroxylation sites is 2. The molecular formula is C22H23N3O2S2. The number of carbonyl (C=O) groups excluding carboxylic acids is 1. The lowest BCUT2D eigenvalue weighted by Gasteiger charge is -2.10. The number of thioether (sulfide) groups is 1. The second-order valence-electron chi connectivity index (χ2n) is 6.89. The Bertz CT molecular complexity index is 1020. The van der Waals surface area contributed by atoms with Gasteiger partial charge in [0.05, 0.1) is 17.5 Å². The molecule has 0 saturated heterocycles. The van der Waals surface area contributed by atoms with Crippen molar-refractivity contribution < 1.29 is 9.53 Å². The van der Waals surface area contributed by atoms with Crippen LogP contribution in [0.2, 0.25) is 0 Å². The third-order valence-corrected chi connectivity index (χ3v) is 6.89. The Balaban J connectivity index is 1.42. The number of fused-ring (bicyclic) bond motifs is 1. The number of aryl methyl sites for hydroxylation is 2. The average molecular weight is 426 g/mol. The van der Waals surface area contributed by atoms with Crippen LogP contribution in [0.4, 0.5) is 10.8 Å². The zero-order valence-corrected chi connectivity index (χ0v) is 18.1. The van der Waals surface area contributed by atoms with E-state index in [0.29, 0.717) is 11.7 Å². The molecule has 1 atom stereocenters. The molecule has 3 aromatic rings. The van der Waals surface area contributed by atoms with E-state index in [1.54, 1.807) is 0 Å². The number of anilines is 2. The van der Waals surface area contributed by atoms with Gasteiger partial charge in [0, 0.05) is 5.56 Å². The van der Waals surface area contributed by atoms with Crippen LogP contribution in [0.5, 0.6) is 5.75 Å². The first-order chi connectivity index (χ1) is 14.1.